The summed E-state index contributed by atoms with van der Waals surface area (Å²) in [6.45, 7) is 0. The van der Waals surface area contributed by atoms with Gasteiger partial charge in [-0.2, -0.15) is 5.16 Å². The highest BCUT2D eigenvalue weighted by Crippen LogP contribution is 2.18. The van der Waals surface area contributed by atoms with E-state index >= 15 is 0 Å². The molecule has 8 nitrogen and oxygen atoms in total. The molecule has 0 radical (unpaired) electrons. The zero-order valence-corrected chi connectivity index (χ0v) is 9.16. The smallest absolute Gasteiger partial charge is 0.320 e. The van der Waals surface area contributed by atoms with Crippen LogP contribution in [0.4, 0.5) is 0 Å². The molecule has 0 aliphatic rings. The highest BCUT2D eigenvalue weighted by Gasteiger charge is 2.21. The lowest BCUT2D eigenvalue weighted by atomic mass is 10.1. The summed E-state index contributed by atoms with van der Waals surface area (Å²) in [6, 6.07) is -1.18. The quantitative estimate of drug-likeness (QED) is 0.657. The second kappa shape index (κ2) is 4.80. The molecule has 94 valence electrons. The minimum Gasteiger partial charge on any atom is -0.480 e. The van der Waals surface area contributed by atoms with Gasteiger partial charge in [-0.25, -0.2) is 4.98 Å². The van der Waals surface area contributed by atoms with E-state index in [2.05, 4.69) is 15.1 Å². The normalized spacial score (nSPS) is 12.3. The first-order valence-electron chi connectivity index (χ1n) is 5.04. The fourth-order valence-corrected chi connectivity index (χ4v) is 1.44. The average Bonchev–Trinajstić information content (AvgIpc) is 2.72. The molecule has 0 aliphatic heterocycles. The molecule has 0 fully saturated rings. The number of hydrogen-bond acceptors (Lipinski definition) is 6. The minimum atomic E-state index is -1.19. The van der Waals surface area contributed by atoms with Crippen molar-refractivity contribution in [3.63, 3.8) is 0 Å². The molecule has 0 spiro atoms. The Hall–Kier alpha value is -2.48. The number of carbonyl (C=O) groups is 1. The predicted octanol–water partition coefficient (Wildman–Crippen LogP) is -0.621. The molecule has 1 unspecified atom stereocenters. The van der Waals surface area contributed by atoms with Gasteiger partial charge >= 0.3 is 5.97 Å². The maximum Gasteiger partial charge on any atom is 0.320 e. The fourth-order valence-electron chi connectivity index (χ4n) is 1.44. The number of aromatic nitrogens is 3. The second-order valence-corrected chi connectivity index (χ2v) is 3.58. The zero-order valence-electron chi connectivity index (χ0n) is 9.16. The van der Waals surface area contributed by atoms with Gasteiger partial charge in [0, 0.05) is 18.8 Å². The number of H-pyrrole nitrogens is 1. The van der Waals surface area contributed by atoms with Crippen LogP contribution in [-0.4, -0.2) is 32.2 Å². The standard InChI is InChI=1S/C10H10N4O4/c11-6(10(16)17)3-5-8(18-14-9(5)15)7-4-12-1-2-13-7/h1-2,4,6H,3,11H2,(H,14,15)(H,16,17). The van der Waals surface area contributed by atoms with E-state index in [1.54, 1.807) is 0 Å². The van der Waals surface area contributed by atoms with E-state index in [-0.39, 0.29) is 17.7 Å². The van der Waals surface area contributed by atoms with E-state index in [1.807, 2.05) is 0 Å². The first-order chi connectivity index (χ1) is 8.59. The number of rotatable bonds is 4. The third kappa shape index (κ3) is 2.28. The Bertz CT molecular complexity index is 604. The molecule has 4 N–H and O–H groups in total. The molecule has 2 rings (SSSR count). The zero-order chi connectivity index (χ0) is 13.1. The lowest BCUT2D eigenvalue weighted by Gasteiger charge is -2.04. The summed E-state index contributed by atoms with van der Waals surface area (Å²) >= 11 is 0. The third-order valence-electron chi connectivity index (χ3n) is 2.33. The van der Waals surface area contributed by atoms with Crippen LogP contribution in [0.5, 0.6) is 0 Å². The van der Waals surface area contributed by atoms with E-state index in [0.717, 1.165) is 0 Å². The number of carboxylic acids is 1. The lowest BCUT2D eigenvalue weighted by Crippen LogP contribution is -2.33. The number of aliphatic carboxylic acids is 1. The maximum atomic E-state index is 11.5. The van der Waals surface area contributed by atoms with Crippen LogP contribution in [0.2, 0.25) is 0 Å². The van der Waals surface area contributed by atoms with Gasteiger partial charge in [-0.15, -0.1) is 0 Å². The van der Waals surface area contributed by atoms with Crippen molar-refractivity contribution in [2.75, 3.05) is 0 Å². The van der Waals surface area contributed by atoms with Gasteiger partial charge in [0.15, 0.2) is 5.76 Å². The summed E-state index contributed by atoms with van der Waals surface area (Å²) < 4.78 is 4.97. The number of nitrogens with zero attached hydrogens (tertiary/aromatic N) is 2. The molecule has 0 bridgehead atoms. The maximum absolute atomic E-state index is 11.5. The molecule has 0 aromatic carbocycles. The van der Waals surface area contributed by atoms with Gasteiger partial charge in [-0.3, -0.25) is 14.6 Å². The monoisotopic (exact) mass is 250 g/mol. The van der Waals surface area contributed by atoms with Crippen molar-refractivity contribution >= 4 is 5.97 Å². The summed E-state index contributed by atoms with van der Waals surface area (Å²) in [6.07, 6.45) is 4.16. The van der Waals surface area contributed by atoms with Crippen LogP contribution in [0.15, 0.2) is 27.9 Å². The molecule has 0 amide bonds. The van der Waals surface area contributed by atoms with E-state index in [0.29, 0.717) is 5.69 Å². The molecule has 0 saturated heterocycles. The first-order valence-corrected chi connectivity index (χ1v) is 5.04. The number of carboxylic acid groups (broad SMARTS) is 1. The largest absolute Gasteiger partial charge is 0.480 e. The van der Waals surface area contributed by atoms with Gasteiger partial charge in [0.1, 0.15) is 11.7 Å². The van der Waals surface area contributed by atoms with E-state index < -0.39 is 17.6 Å². The highest BCUT2D eigenvalue weighted by atomic mass is 16.5. The number of aromatic amines is 1. The molecule has 2 aromatic rings. The van der Waals surface area contributed by atoms with Crippen LogP contribution < -0.4 is 11.3 Å². The Balaban J connectivity index is 2.40. The Labute approximate surface area is 100 Å². The Kier molecular flexibility index (Phi) is 3.20. The molecule has 2 aromatic heterocycles. The fraction of sp³-hybridized carbons (Fsp3) is 0.200. The van der Waals surface area contributed by atoms with Gasteiger partial charge < -0.3 is 15.4 Å². The van der Waals surface area contributed by atoms with Crippen molar-refractivity contribution in [3.05, 3.63) is 34.5 Å². The number of nitrogens with two attached hydrogens (primary N) is 1. The molecular weight excluding hydrogens is 240 g/mol. The molecular formula is C10H10N4O4. The van der Waals surface area contributed by atoms with Gasteiger partial charge in [-0.05, 0) is 0 Å². The van der Waals surface area contributed by atoms with Crippen LogP contribution in [0.1, 0.15) is 5.56 Å². The van der Waals surface area contributed by atoms with Gasteiger partial charge in [0.25, 0.3) is 5.56 Å². The van der Waals surface area contributed by atoms with Crippen molar-refractivity contribution in [3.8, 4) is 11.5 Å². The Morgan fingerprint density at radius 1 is 1.56 bits per heavy atom. The van der Waals surface area contributed by atoms with Crippen LogP contribution >= 0.6 is 0 Å². The van der Waals surface area contributed by atoms with Crippen molar-refractivity contribution in [2.24, 2.45) is 5.73 Å². The van der Waals surface area contributed by atoms with Crippen LogP contribution in [-0.2, 0) is 11.2 Å². The highest BCUT2D eigenvalue weighted by molar-refractivity contribution is 5.74. The summed E-state index contributed by atoms with van der Waals surface area (Å²) in [5.41, 5.74) is 5.35. The van der Waals surface area contributed by atoms with Crippen molar-refractivity contribution in [1.29, 1.82) is 0 Å². The van der Waals surface area contributed by atoms with Crippen LogP contribution in [0.25, 0.3) is 11.5 Å². The van der Waals surface area contributed by atoms with E-state index in [4.69, 9.17) is 15.4 Å². The average molecular weight is 250 g/mol. The van der Waals surface area contributed by atoms with Crippen molar-refractivity contribution < 1.29 is 14.4 Å². The minimum absolute atomic E-state index is 0.144. The Morgan fingerprint density at radius 2 is 2.33 bits per heavy atom. The molecule has 8 heteroatoms. The summed E-state index contributed by atoms with van der Waals surface area (Å²) in [5.74, 6) is -1.04. The SMILES string of the molecule is NC(Cc1c(-c2cnccn2)o[nH]c1=O)C(=O)O. The molecule has 2 heterocycles. The van der Waals surface area contributed by atoms with Crippen LogP contribution in [0, 0.1) is 0 Å². The third-order valence-corrected chi connectivity index (χ3v) is 2.33. The number of nitrogens with one attached hydrogen (secondary N) is 1. The van der Waals surface area contributed by atoms with Crippen molar-refractivity contribution in [2.45, 2.75) is 12.5 Å². The van der Waals surface area contributed by atoms with Crippen molar-refractivity contribution in [1.82, 2.24) is 15.1 Å². The van der Waals surface area contributed by atoms with Gasteiger partial charge in [-0.1, -0.05) is 0 Å². The molecule has 0 saturated carbocycles. The molecule has 1 atom stereocenters. The first kappa shape index (κ1) is 12.0. The molecule has 18 heavy (non-hydrogen) atoms. The van der Waals surface area contributed by atoms with E-state index in [9.17, 15) is 9.59 Å². The second-order valence-electron chi connectivity index (χ2n) is 3.58. The van der Waals surface area contributed by atoms with Gasteiger partial charge in [0.05, 0.1) is 11.8 Å². The van der Waals surface area contributed by atoms with E-state index in [1.165, 1.54) is 18.6 Å². The number of hydrogen-bond donors (Lipinski definition) is 3. The summed E-state index contributed by atoms with van der Waals surface area (Å²) in [7, 11) is 0. The summed E-state index contributed by atoms with van der Waals surface area (Å²) in [5, 5.41) is 10.9. The summed E-state index contributed by atoms with van der Waals surface area (Å²) in [4.78, 5) is 30.0. The lowest BCUT2D eigenvalue weighted by molar-refractivity contribution is -0.138. The topological polar surface area (TPSA) is 135 Å². The molecule has 0 aliphatic carbocycles. The van der Waals surface area contributed by atoms with Gasteiger partial charge in [0.2, 0.25) is 0 Å². The predicted molar refractivity (Wildman–Crippen MR) is 59.7 cm³/mol. The Morgan fingerprint density at radius 3 is 2.94 bits per heavy atom. The van der Waals surface area contributed by atoms with Crippen LogP contribution in [0.3, 0.4) is 0 Å².